The number of nitrogens with two attached hydrogens (primary N) is 1. The van der Waals surface area contributed by atoms with Crippen LogP contribution in [0.1, 0.15) is 44.3 Å². The van der Waals surface area contributed by atoms with Crippen LogP contribution in [0.2, 0.25) is 0 Å². The summed E-state index contributed by atoms with van der Waals surface area (Å²) in [7, 11) is 0. The van der Waals surface area contributed by atoms with Gasteiger partial charge >= 0.3 is 0 Å². The highest BCUT2D eigenvalue weighted by atomic mass is 16.5. The summed E-state index contributed by atoms with van der Waals surface area (Å²) in [5.41, 5.74) is 5.68. The van der Waals surface area contributed by atoms with Crippen LogP contribution in [0.5, 0.6) is 0 Å². The molecule has 1 aromatic heterocycles. The Morgan fingerprint density at radius 2 is 2.12 bits per heavy atom. The maximum Gasteiger partial charge on any atom is 0.229 e. The van der Waals surface area contributed by atoms with Crippen LogP contribution in [-0.2, 0) is 6.54 Å². The van der Waals surface area contributed by atoms with E-state index >= 15 is 0 Å². The summed E-state index contributed by atoms with van der Waals surface area (Å²) in [5, 5.41) is 4.02. The molecule has 1 fully saturated rings. The number of aromatic nitrogens is 2. The van der Waals surface area contributed by atoms with Crippen molar-refractivity contribution < 1.29 is 4.52 Å². The summed E-state index contributed by atoms with van der Waals surface area (Å²) in [4.78, 5) is 6.78. The second kappa shape index (κ2) is 5.60. The van der Waals surface area contributed by atoms with Crippen LogP contribution in [0.15, 0.2) is 4.52 Å². The lowest BCUT2D eigenvalue weighted by Gasteiger charge is -2.30. The minimum Gasteiger partial charge on any atom is -0.339 e. The quantitative estimate of drug-likeness (QED) is 0.858. The number of hydrogen-bond acceptors (Lipinski definition) is 5. The molecule has 0 radical (unpaired) electrons. The van der Waals surface area contributed by atoms with Gasteiger partial charge in [0.05, 0.1) is 6.54 Å². The third kappa shape index (κ3) is 3.26. The molecule has 0 bridgehead atoms. The van der Waals surface area contributed by atoms with Gasteiger partial charge in [-0.3, -0.25) is 4.90 Å². The van der Waals surface area contributed by atoms with Gasteiger partial charge in [0.25, 0.3) is 0 Å². The van der Waals surface area contributed by atoms with Gasteiger partial charge in [0.1, 0.15) is 0 Å². The van der Waals surface area contributed by atoms with Gasteiger partial charge in [0.2, 0.25) is 5.89 Å². The molecule has 96 valence electrons. The van der Waals surface area contributed by atoms with Gasteiger partial charge in [-0.15, -0.1) is 0 Å². The SMILES string of the molecule is CC(C)c1nc(CN2CCC(CN)CC2)no1. The van der Waals surface area contributed by atoms with E-state index in [0.29, 0.717) is 11.8 Å². The number of piperidine rings is 1. The maximum absolute atomic E-state index is 5.68. The Morgan fingerprint density at radius 3 is 2.65 bits per heavy atom. The summed E-state index contributed by atoms with van der Waals surface area (Å²) in [6.07, 6.45) is 2.37. The first-order valence-corrected chi connectivity index (χ1v) is 6.44. The molecule has 0 spiro atoms. The van der Waals surface area contributed by atoms with E-state index in [2.05, 4.69) is 28.9 Å². The summed E-state index contributed by atoms with van der Waals surface area (Å²) in [6, 6.07) is 0. The summed E-state index contributed by atoms with van der Waals surface area (Å²) >= 11 is 0. The smallest absolute Gasteiger partial charge is 0.229 e. The molecule has 2 N–H and O–H groups in total. The summed E-state index contributed by atoms with van der Waals surface area (Å²) in [5.74, 6) is 2.54. The van der Waals surface area contributed by atoms with E-state index in [-0.39, 0.29) is 0 Å². The molecule has 1 aliphatic rings. The van der Waals surface area contributed by atoms with Crippen molar-refractivity contribution >= 4 is 0 Å². The Hall–Kier alpha value is -0.940. The molecule has 2 heterocycles. The molecule has 1 aliphatic heterocycles. The molecule has 0 unspecified atom stereocenters. The van der Waals surface area contributed by atoms with Crippen LogP contribution in [0.25, 0.3) is 0 Å². The van der Waals surface area contributed by atoms with Gasteiger partial charge in [-0.05, 0) is 38.4 Å². The maximum atomic E-state index is 5.68. The van der Waals surface area contributed by atoms with E-state index in [4.69, 9.17) is 10.3 Å². The van der Waals surface area contributed by atoms with E-state index in [0.717, 1.165) is 37.9 Å². The predicted octanol–water partition coefficient (Wildman–Crippen LogP) is 1.36. The van der Waals surface area contributed by atoms with Crippen LogP contribution in [-0.4, -0.2) is 34.7 Å². The molecule has 0 atom stereocenters. The zero-order valence-electron chi connectivity index (χ0n) is 10.7. The lowest BCUT2D eigenvalue weighted by molar-refractivity contribution is 0.175. The molecule has 0 aliphatic carbocycles. The third-order valence-corrected chi connectivity index (χ3v) is 3.38. The highest BCUT2D eigenvalue weighted by Crippen LogP contribution is 2.18. The van der Waals surface area contributed by atoms with E-state index < -0.39 is 0 Å². The van der Waals surface area contributed by atoms with Crippen LogP contribution in [0.3, 0.4) is 0 Å². The minimum absolute atomic E-state index is 0.305. The van der Waals surface area contributed by atoms with Gasteiger partial charge in [-0.2, -0.15) is 4.98 Å². The highest BCUT2D eigenvalue weighted by Gasteiger charge is 2.20. The second-order valence-corrected chi connectivity index (χ2v) is 5.16. The highest BCUT2D eigenvalue weighted by molar-refractivity contribution is 4.91. The molecular formula is C12H22N4O. The van der Waals surface area contributed by atoms with Crippen LogP contribution >= 0.6 is 0 Å². The Balaban J connectivity index is 1.84. The van der Waals surface area contributed by atoms with Crippen LogP contribution < -0.4 is 5.73 Å². The van der Waals surface area contributed by atoms with Crippen molar-refractivity contribution in [3.05, 3.63) is 11.7 Å². The molecule has 2 rings (SSSR count). The molecule has 5 heteroatoms. The topological polar surface area (TPSA) is 68.2 Å². The van der Waals surface area contributed by atoms with Crippen molar-refractivity contribution in [2.75, 3.05) is 19.6 Å². The largest absolute Gasteiger partial charge is 0.339 e. The van der Waals surface area contributed by atoms with E-state index in [9.17, 15) is 0 Å². The van der Waals surface area contributed by atoms with Gasteiger partial charge in [0, 0.05) is 5.92 Å². The lowest BCUT2D eigenvalue weighted by Crippen LogP contribution is -2.35. The molecular weight excluding hydrogens is 216 g/mol. The first-order valence-electron chi connectivity index (χ1n) is 6.44. The van der Waals surface area contributed by atoms with Crippen molar-refractivity contribution in [2.24, 2.45) is 11.7 Å². The van der Waals surface area contributed by atoms with Gasteiger partial charge < -0.3 is 10.3 Å². The first kappa shape index (κ1) is 12.5. The fraction of sp³-hybridized carbons (Fsp3) is 0.833. The van der Waals surface area contributed by atoms with Crippen molar-refractivity contribution in [3.63, 3.8) is 0 Å². The van der Waals surface area contributed by atoms with Crippen molar-refractivity contribution in [1.82, 2.24) is 15.0 Å². The minimum atomic E-state index is 0.305. The van der Waals surface area contributed by atoms with E-state index in [1.165, 1.54) is 12.8 Å². The van der Waals surface area contributed by atoms with E-state index in [1.54, 1.807) is 0 Å². The fourth-order valence-electron chi connectivity index (χ4n) is 2.15. The number of nitrogens with zero attached hydrogens (tertiary/aromatic N) is 3. The molecule has 0 saturated carbocycles. The molecule has 1 saturated heterocycles. The van der Waals surface area contributed by atoms with E-state index in [1.807, 2.05) is 0 Å². The monoisotopic (exact) mass is 238 g/mol. The predicted molar refractivity (Wildman–Crippen MR) is 65.4 cm³/mol. The average molecular weight is 238 g/mol. The zero-order chi connectivity index (χ0) is 12.3. The third-order valence-electron chi connectivity index (χ3n) is 3.38. The van der Waals surface area contributed by atoms with Crippen LogP contribution in [0.4, 0.5) is 0 Å². The summed E-state index contributed by atoms with van der Waals surface area (Å²) in [6.45, 7) is 7.91. The molecule has 5 nitrogen and oxygen atoms in total. The van der Waals surface area contributed by atoms with Crippen molar-refractivity contribution in [3.8, 4) is 0 Å². The first-order chi connectivity index (χ1) is 8.19. The molecule has 17 heavy (non-hydrogen) atoms. The average Bonchev–Trinajstić information content (AvgIpc) is 2.79. The Morgan fingerprint density at radius 1 is 1.41 bits per heavy atom. The summed E-state index contributed by atoms with van der Waals surface area (Å²) < 4.78 is 5.20. The molecule has 0 amide bonds. The van der Waals surface area contributed by atoms with Gasteiger partial charge in [-0.25, -0.2) is 0 Å². The van der Waals surface area contributed by atoms with Crippen LogP contribution in [0, 0.1) is 5.92 Å². The Kier molecular flexibility index (Phi) is 4.12. The van der Waals surface area contributed by atoms with Crippen molar-refractivity contribution in [1.29, 1.82) is 0 Å². The van der Waals surface area contributed by atoms with Crippen molar-refractivity contribution in [2.45, 2.75) is 39.2 Å². The number of likely N-dealkylation sites (tertiary alicyclic amines) is 1. The van der Waals surface area contributed by atoms with Gasteiger partial charge in [-0.1, -0.05) is 19.0 Å². The standard InChI is InChI=1S/C12H22N4O/c1-9(2)12-14-11(15-17-12)8-16-5-3-10(7-13)4-6-16/h9-10H,3-8,13H2,1-2H3. The number of rotatable bonds is 4. The second-order valence-electron chi connectivity index (χ2n) is 5.16. The number of hydrogen-bond donors (Lipinski definition) is 1. The Bertz CT molecular complexity index is 342. The lowest BCUT2D eigenvalue weighted by atomic mass is 9.97. The molecule has 0 aromatic carbocycles. The molecule has 1 aromatic rings. The zero-order valence-corrected chi connectivity index (χ0v) is 10.7. The fourth-order valence-corrected chi connectivity index (χ4v) is 2.15. The normalized spacial score (nSPS) is 19.1. The van der Waals surface area contributed by atoms with Gasteiger partial charge in [0.15, 0.2) is 5.82 Å². The Labute approximate surface area is 102 Å².